The third kappa shape index (κ3) is 3.15. The van der Waals surface area contributed by atoms with Crippen LogP contribution in [0, 0.1) is 17.8 Å². The third-order valence-corrected chi connectivity index (χ3v) is 6.43. The van der Waals surface area contributed by atoms with Crippen molar-refractivity contribution in [2.45, 2.75) is 63.5 Å². The molecule has 5 rings (SSSR count). The van der Waals surface area contributed by atoms with Crippen LogP contribution in [0.2, 0.25) is 5.02 Å². The average Bonchev–Trinajstić information content (AvgIpc) is 2.52. The molecule has 0 spiro atoms. The standard InChI is InChI=1S/C20H26ClNO2/c1-2-18(24-17-5-3-16(21)4-6-17)19(23)22-20-10-13-7-14(11-20)9-15(8-13)12-20/h3-6,13-15,18H,2,7-12H2,1H3,(H,22,23)/t13?,14?,15?,18-,20?/m1/s1. The molecule has 0 heterocycles. The molecular weight excluding hydrogens is 322 g/mol. The van der Waals surface area contributed by atoms with E-state index in [9.17, 15) is 4.79 Å². The van der Waals surface area contributed by atoms with Crippen molar-refractivity contribution >= 4 is 17.5 Å². The summed E-state index contributed by atoms with van der Waals surface area (Å²) in [6.45, 7) is 2.00. The van der Waals surface area contributed by atoms with Crippen molar-refractivity contribution in [3.8, 4) is 5.75 Å². The van der Waals surface area contributed by atoms with Crippen LogP contribution in [0.5, 0.6) is 5.75 Å². The topological polar surface area (TPSA) is 38.3 Å². The Morgan fingerprint density at radius 1 is 1.17 bits per heavy atom. The van der Waals surface area contributed by atoms with Crippen LogP contribution in [0.1, 0.15) is 51.9 Å². The van der Waals surface area contributed by atoms with Gasteiger partial charge in [0, 0.05) is 10.6 Å². The molecule has 4 fully saturated rings. The first kappa shape index (κ1) is 16.3. The van der Waals surface area contributed by atoms with Crippen molar-refractivity contribution in [2.24, 2.45) is 17.8 Å². The van der Waals surface area contributed by atoms with Gasteiger partial charge in [0.1, 0.15) is 5.75 Å². The van der Waals surface area contributed by atoms with E-state index in [4.69, 9.17) is 16.3 Å². The zero-order chi connectivity index (χ0) is 16.7. The van der Waals surface area contributed by atoms with Crippen LogP contribution in [0.25, 0.3) is 0 Å². The minimum absolute atomic E-state index is 0.0443. The highest BCUT2D eigenvalue weighted by molar-refractivity contribution is 6.30. The summed E-state index contributed by atoms with van der Waals surface area (Å²) in [5.41, 5.74) is 0.0443. The van der Waals surface area contributed by atoms with Gasteiger partial charge in [0.05, 0.1) is 0 Å². The molecule has 4 aliphatic carbocycles. The Labute approximate surface area is 149 Å². The number of carbonyl (C=O) groups excluding carboxylic acids is 1. The summed E-state index contributed by atoms with van der Waals surface area (Å²) >= 11 is 5.91. The Morgan fingerprint density at radius 3 is 2.21 bits per heavy atom. The second-order valence-electron chi connectivity index (χ2n) is 8.16. The fourth-order valence-electron chi connectivity index (χ4n) is 5.61. The van der Waals surface area contributed by atoms with Crippen molar-refractivity contribution in [3.63, 3.8) is 0 Å². The third-order valence-electron chi connectivity index (χ3n) is 6.18. The van der Waals surface area contributed by atoms with Crippen molar-refractivity contribution in [1.29, 1.82) is 0 Å². The molecule has 1 aromatic carbocycles. The maximum Gasteiger partial charge on any atom is 0.261 e. The molecule has 0 aromatic heterocycles. The van der Waals surface area contributed by atoms with Gasteiger partial charge in [-0.05, 0) is 87.0 Å². The number of ether oxygens (including phenoxy) is 1. The highest BCUT2D eigenvalue weighted by atomic mass is 35.5. The number of amides is 1. The van der Waals surface area contributed by atoms with Crippen LogP contribution in [-0.2, 0) is 4.79 Å². The quantitative estimate of drug-likeness (QED) is 0.846. The fourth-order valence-corrected chi connectivity index (χ4v) is 5.73. The smallest absolute Gasteiger partial charge is 0.261 e. The Hall–Kier alpha value is -1.22. The normalized spacial score (nSPS) is 34.8. The van der Waals surface area contributed by atoms with Crippen molar-refractivity contribution < 1.29 is 9.53 Å². The lowest BCUT2D eigenvalue weighted by atomic mass is 9.53. The monoisotopic (exact) mass is 347 g/mol. The van der Waals surface area contributed by atoms with Gasteiger partial charge in [-0.1, -0.05) is 18.5 Å². The average molecular weight is 348 g/mol. The molecule has 4 aliphatic rings. The number of halogens is 1. The lowest BCUT2D eigenvalue weighted by Crippen LogP contribution is -2.61. The molecule has 130 valence electrons. The van der Waals surface area contributed by atoms with E-state index in [2.05, 4.69) is 5.32 Å². The van der Waals surface area contributed by atoms with E-state index in [-0.39, 0.29) is 11.4 Å². The molecule has 1 aromatic rings. The highest BCUT2D eigenvalue weighted by Crippen LogP contribution is 2.55. The largest absolute Gasteiger partial charge is 0.481 e. The second-order valence-corrected chi connectivity index (χ2v) is 8.59. The SMILES string of the molecule is CC[C@@H](Oc1ccc(Cl)cc1)C(=O)NC12CC3CC(CC(C3)C1)C2. The summed E-state index contributed by atoms with van der Waals surface area (Å²) in [7, 11) is 0. The molecule has 1 N–H and O–H groups in total. The summed E-state index contributed by atoms with van der Waals surface area (Å²) in [4.78, 5) is 12.9. The van der Waals surface area contributed by atoms with Gasteiger partial charge in [0.2, 0.25) is 0 Å². The van der Waals surface area contributed by atoms with Crippen LogP contribution in [0.4, 0.5) is 0 Å². The molecule has 1 atom stereocenters. The molecule has 4 bridgehead atoms. The first-order valence-electron chi connectivity index (χ1n) is 9.29. The van der Waals surface area contributed by atoms with Gasteiger partial charge >= 0.3 is 0 Å². The highest BCUT2D eigenvalue weighted by Gasteiger charge is 2.51. The van der Waals surface area contributed by atoms with Gasteiger partial charge in [-0.15, -0.1) is 0 Å². The predicted octanol–water partition coefficient (Wildman–Crippen LogP) is 4.58. The summed E-state index contributed by atoms with van der Waals surface area (Å²) in [6.07, 6.45) is 7.89. The van der Waals surface area contributed by atoms with Crippen molar-refractivity contribution in [1.82, 2.24) is 5.32 Å². The molecule has 0 aliphatic heterocycles. The van der Waals surface area contributed by atoms with E-state index in [1.165, 1.54) is 38.5 Å². The number of rotatable bonds is 5. The van der Waals surface area contributed by atoms with E-state index in [0.29, 0.717) is 17.2 Å². The van der Waals surface area contributed by atoms with Crippen LogP contribution >= 0.6 is 11.6 Å². The lowest BCUT2D eigenvalue weighted by Gasteiger charge is -2.57. The Morgan fingerprint density at radius 2 is 1.71 bits per heavy atom. The molecule has 4 saturated carbocycles. The molecule has 1 amide bonds. The van der Waals surface area contributed by atoms with Gasteiger partial charge in [-0.2, -0.15) is 0 Å². The van der Waals surface area contributed by atoms with Crippen LogP contribution < -0.4 is 10.1 Å². The zero-order valence-electron chi connectivity index (χ0n) is 14.3. The Balaban J connectivity index is 1.43. The number of hydrogen-bond donors (Lipinski definition) is 1. The number of hydrogen-bond acceptors (Lipinski definition) is 2. The van der Waals surface area contributed by atoms with Crippen molar-refractivity contribution in [2.75, 3.05) is 0 Å². The molecule has 4 heteroatoms. The second kappa shape index (κ2) is 6.25. The van der Waals surface area contributed by atoms with Crippen LogP contribution in [-0.4, -0.2) is 17.6 Å². The molecular formula is C20H26ClNO2. The van der Waals surface area contributed by atoms with Gasteiger partial charge in [0.15, 0.2) is 6.10 Å². The van der Waals surface area contributed by atoms with Crippen LogP contribution in [0.15, 0.2) is 24.3 Å². The van der Waals surface area contributed by atoms with Gasteiger partial charge in [-0.25, -0.2) is 0 Å². The van der Waals surface area contributed by atoms with Crippen LogP contribution in [0.3, 0.4) is 0 Å². The number of benzene rings is 1. The maximum atomic E-state index is 12.9. The van der Waals surface area contributed by atoms with Crippen molar-refractivity contribution in [3.05, 3.63) is 29.3 Å². The lowest BCUT2D eigenvalue weighted by molar-refractivity contribution is -0.134. The number of carbonyl (C=O) groups is 1. The summed E-state index contributed by atoms with van der Waals surface area (Å²) in [5.74, 6) is 3.23. The van der Waals surface area contributed by atoms with E-state index < -0.39 is 6.10 Å². The van der Waals surface area contributed by atoms with E-state index >= 15 is 0 Å². The molecule has 24 heavy (non-hydrogen) atoms. The minimum Gasteiger partial charge on any atom is -0.481 e. The molecule has 0 unspecified atom stereocenters. The first-order valence-corrected chi connectivity index (χ1v) is 9.67. The maximum absolute atomic E-state index is 12.9. The summed E-state index contributed by atoms with van der Waals surface area (Å²) in [6, 6.07) is 7.23. The van der Waals surface area contributed by atoms with Gasteiger partial charge in [0.25, 0.3) is 5.91 Å². The Bertz CT molecular complexity index is 577. The van der Waals surface area contributed by atoms with Gasteiger partial charge in [-0.3, -0.25) is 4.79 Å². The van der Waals surface area contributed by atoms with E-state index in [1.807, 2.05) is 19.1 Å². The van der Waals surface area contributed by atoms with E-state index in [1.54, 1.807) is 12.1 Å². The first-order chi connectivity index (χ1) is 11.5. The number of nitrogens with one attached hydrogen (secondary N) is 1. The molecule has 3 nitrogen and oxygen atoms in total. The Kier molecular flexibility index (Phi) is 4.24. The minimum atomic E-state index is -0.431. The summed E-state index contributed by atoms with van der Waals surface area (Å²) in [5, 5.41) is 4.09. The van der Waals surface area contributed by atoms with E-state index in [0.717, 1.165) is 17.8 Å². The van der Waals surface area contributed by atoms with Gasteiger partial charge < -0.3 is 10.1 Å². The molecule has 0 radical (unpaired) electrons. The summed E-state index contributed by atoms with van der Waals surface area (Å²) < 4.78 is 5.92. The zero-order valence-corrected chi connectivity index (χ0v) is 15.0. The fraction of sp³-hybridized carbons (Fsp3) is 0.650. The molecule has 0 saturated heterocycles. The predicted molar refractivity (Wildman–Crippen MR) is 95.2 cm³/mol.